The van der Waals surface area contributed by atoms with Crippen LogP contribution in [0.4, 0.5) is 22.3 Å². The first kappa shape index (κ1) is 41.7. The molecule has 2 amide bonds. The normalized spacial score (nSPS) is 14.9. The van der Waals surface area contributed by atoms with Crippen LogP contribution in [0.2, 0.25) is 0 Å². The van der Waals surface area contributed by atoms with Crippen LogP contribution in [0.5, 0.6) is 0 Å². The van der Waals surface area contributed by atoms with E-state index in [1.165, 1.54) is 29.5 Å². The monoisotopic (exact) mass is 879 g/mol. The van der Waals surface area contributed by atoms with Gasteiger partial charge < -0.3 is 15.0 Å². The van der Waals surface area contributed by atoms with Gasteiger partial charge in [0.05, 0.1) is 23.0 Å². The van der Waals surface area contributed by atoms with Crippen LogP contribution >= 0.6 is 23.1 Å². The number of nitro groups is 1. The van der Waals surface area contributed by atoms with Crippen LogP contribution in [0.3, 0.4) is 0 Å². The molecule has 61 heavy (non-hydrogen) atoms. The number of thioether (sulfide) groups is 1. The average Bonchev–Trinajstić information content (AvgIpc) is 3.69. The maximum Gasteiger partial charge on any atom is 0.293 e. The zero-order valence-electron chi connectivity index (χ0n) is 32.7. The molecule has 5 heterocycles. The second kappa shape index (κ2) is 18.7. The van der Waals surface area contributed by atoms with E-state index in [0.29, 0.717) is 71.8 Å². The molecule has 0 aliphatic carbocycles. The third-order valence-corrected chi connectivity index (χ3v) is 13.7. The highest BCUT2D eigenvalue weighted by Crippen LogP contribution is 2.32. The first-order valence-electron chi connectivity index (χ1n) is 19.6. The van der Waals surface area contributed by atoms with E-state index in [1.54, 1.807) is 42.2 Å². The van der Waals surface area contributed by atoms with Gasteiger partial charge in [0.15, 0.2) is 5.13 Å². The van der Waals surface area contributed by atoms with Gasteiger partial charge in [0, 0.05) is 67.2 Å². The van der Waals surface area contributed by atoms with Crippen molar-refractivity contribution in [3.63, 3.8) is 0 Å². The molecular weight excluding hydrogens is 839 g/mol. The molecule has 3 aromatic heterocycles. The molecule has 1 saturated heterocycles. The molecule has 6 aromatic rings. The van der Waals surface area contributed by atoms with Gasteiger partial charge in [0.25, 0.3) is 27.5 Å². The number of nitrogens with one attached hydrogen (secondary N) is 3. The number of carbonyl (C=O) groups excluding carboxylic acids is 2. The molecule has 1 atom stereocenters. The highest BCUT2D eigenvalue weighted by Gasteiger charge is 2.28. The number of aromatic nitrogens is 3. The summed E-state index contributed by atoms with van der Waals surface area (Å²) in [6.45, 7) is 4.49. The summed E-state index contributed by atoms with van der Waals surface area (Å²) in [6.07, 6.45) is 2.95. The third kappa shape index (κ3) is 10.1. The number of ether oxygens (including phenoxy) is 1. The Morgan fingerprint density at radius 3 is 2.56 bits per heavy atom. The zero-order chi connectivity index (χ0) is 42.3. The second-order valence-electron chi connectivity index (χ2n) is 14.4. The lowest BCUT2D eigenvalue weighted by Crippen LogP contribution is -2.39. The number of hydrogen-bond donors (Lipinski definition) is 3. The molecule has 0 bridgehead atoms. The Hall–Kier alpha value is -5.99. The first-order valence-corrected chi connectivity index (χ1v) is 22.8. The Bertz CT molecular complexity index is 2640. The minimum atomic E-state index is -4.57. The Morgan fingerprint density at radius 1 is 0.934 bits per heavy atom. The van der Waals surface area contributed by atoms with Crippen molar-refractivity contribution in [2.75, 3.05) is 60.7 Å². The molecule has 1 fully saturated rings. The quantitative estimate of drug-likeness (QED) is 0.0596. The van der Waals surface area contributed by atoms with Crippen molar-refractivity contribution in [2.45, 2.75) is 35.2 Å². The van der Waals surface area contributed by atoms with Gasteiger partial charge in [-0.1, -0.05) is 47.7 Å². The second-order valence-corrected chi connectivity index (χ2v) is 18.1. The number of hydrogen-bond acceptors (Lipinski definition) is 15. The number of benzene rings is 3. The molecule has 0 spiro atoms. The first-order chi connectivity index (χ1) is 29.6. The van der Waals surface area contributed by atoms with Crippen molar-refractivity contribution < 1.29 is 27.7 Å². The highest BCUT2D eigenvalue weighted by molar-refractivity contribution is 7.99. The zero-order valence-corrected chi connectivity index (χ0v) is 35.2. The summed E-state index contributed by atoms with van der Waals surface area (Å²) in [6, 6.07) is 27.1. The standard InChI is InChI=1S/C42H41N9O7S3/c52-39(47-42-46-36-12-6-18-43-41(36)60-42)32-10-4-7-28-16-20-50(26-33(28)32)38-13-5-11-35(45-38)40(53)48-61(56,57)31-14-15-34(37(25-31)51(54)55)44-29(17-19-49-21-23-58-24-22-49)27-59-30-8-2-1-3-9-30/h1-15,18,25,29,44H,16-17,19-24,26-27H2,(H,48,53)(H,46,47,52)/t29-/m1/s1. The summed E-state index contributed by atoms with van der Waals surface area (Å²) in [5, 5.41) is 19.0. The topological polar surface area (TPSA) is 202 Å². The maximum atomic E-state index is 13.6. The number of pyridine rings is 2. The molecule has 0 unspecified atom stereocenters. The molecule has 8 rings (SSSR count). The van der Waals surface area contributed by atoms with Gasteiger partial charge in [-0.3, -0.25) is 29.9 Å². The molecule has 3 aromatic carbocycles. The summed E-state index contributed by atoms with van der Waals surface area (Å²) in [7, 11) is -4.57. The number of rotatable bonds is 15. The van der Waals surface area contributed by atoms with E-state index in [-0.39, 0.29) is 23.3 Å². The van der Waals surface area contributed by atoms with Crippen LogP contribution in [-0.4, -0.2) is 96.2 Å². The van der Waals surface area contributed by atoms with Crippen molar-refractivity contribution in [1.29, 1.82) is 0 Å². The lowest BCUT2D eigenvalue weighted by atomic mass is 9.94. The molecule has 19 heteroatoms. The van der Waals surface area contributed by atoms with Crippen molar-refractivity contribution in [3.8, 4) is 0 Å². The number of nitro benzene ring substituents is 1. The lowest BCUT2D eigenvalue weighted by molar-refractivity contribution is -0.384. The van der Waals surface area contributed by atoms with Crippen LogP contribution in [0.25, 0.3) is 10.3 Å². The van der Waals surface area contributed by atoms with Gasteiger partial charge in [0.2, 0.25) is 0 Å². The summed E-state index contributed by atoms with van der Waals surface area (Å²) in [5.41, 5.74) is 2.51. The van der Waals surface area contributed by atoms with Crippen molar-refractivity contribution in [3.05, 3.63) is 136 Å². The minimum absolute atomic E-state index is 0.170. The number of amides is 2. The van der Waals surface area contributed by atoms with Crippen LogP contribution in [0.15, 0.2) is 113 Å². The fourth-order valence-corrected chi connectivity index (χ4v) is 9.96. The molecular formula is C42H41N9O7S3. The Kier molecular flexibility index (Phi) is 12.8. The van der Waals surface area contributed by atoms with Gasteiger partial charge >= 0.3 is 0 Å². The lowest BCUT2D eigenvalue weighted by Gasteiger charge is -2.31. The number of sulfonamides is 1. The van der Waals surface area contributed by atoms with Gasteiger partial charge in [0.1, 0.15) is 27.5 Å². The van der Waals surface area contributed by atoms with Crippen LogP contribution < -0.4 is 20.3 Å². The molecule has 2 aliphatic heterocycles. The number of nitrogens with zero attached hydrogens (tertiary/aromatic N) is 6. The van der Waals surface area contributed by atoms with Gasteiger partial charge in [-0.15, -0.1) is 11.8 Å². The van der Waals surface area contributed by atoms with E-state index < -0.39 is 31.4 Å². The van der Waals surface area contributed by atoms with Crippen molar-refractivity contribution >= 4 is 77.6 Å². The van der Waals surface area contributed by atoms with E-state index in [4.69, 9.17) is 4.74 Å². The Morgan fingerprint density at radius 2 is 1.75 bits per heavy atom. The smallest absolute Gasteiger partial charge is 0.293 e. The number of carbonyl (C=O) groups is 2. The van der Waals surface area contributed by atoms with E-state index in [1.807, 2.05) is 58.2 Å². The molecule has 0 radical (unpaired) electrons. The summed E-state index contributed by atoms with van der Waals surface area (Å²) in [5.74, 6) is -0.311. The Labute approximate surface area is 360 Å². The van der Waals surface area contributed by atoms with E-state index in [9.17, 15) is 28.1 Å². The van der Waals surface area contributed by atoms with E-state index in [0.717, 1.165) is 41.7 Å². The van der Waals surface area contributed by atoms with E-state index >= 15 is 0 Å². The number of anilines is 3. The Balaban J connectivity index is 0.950. The predicted molar refractivity (Wildman–Crippen MR) is 235 cm³/mol. The number of morpholine rings is 1. The molecule has 3 N–H and O–H groups in total. The highest BCUT2D eigenvalue weighted by atomic mass is 32.2. The van der Waals surface area contributed by atoms with E-state index in [2.05, 4.69) is 30.5 Å². The molecule has 16 nitrogen and oxygen atoms in total. The number of thiazole rings is 1. The predicted octanol–water partition coefficient (Wildman–Crippen LogP) is 6.22. The SMILES string of the molecule is O=C(NS(=O)(=O)c1ccc(N[C@H](CCN2CCOCC2)CSc2ccccc2)c([N+](=O)[O-])c1)c1cccc(N2CCc3cccc(C(=O)Nc4nc5cccnc5s4)c3C2)n1. The van der Waals surface area contributed by atoms with Crippen LogP contribution in [-0.2, 0) is 27.7 Å². The summed E-state index contributed by atoms with van der Waals surface area (Å²) in [4.78, 5) is 57.5. The van der Waals surface area contributed by atoms with Crippen molar-refractivity contribution in [1.82, 2.24) is 24.6 Å². The van der Waals surface area contributed by atoms with Crippen LogP contribution in [0.1, 0.15) is 38.4 Å². The van der Waals surface area contributed by atoms with Gasteiger partial charge in [-0.25, -0.2) is 28.1 Å². The molecule has 2 aliphatic rings. The molecule has 314 valence electrons. The summed E-state index contributed by atoms with van der Waals surface area (Å²) < 4.78 is 34.7. The summed E-state index contributed by atoms with van der Waals surface area (Å²) >= 11 is 2.90. The molecule has 0 saturated carbocycles. The average molecular weight is 880 g/mol. The van der Waals surface area contributed by atoms with Crippen LogP contribution in [0, 0.1) is 10.1 Å². The number of fused-ring (bicyclic) bond motifs is 2. The fourth-order valence-electron chi connectivity index (χ4n) is 7.18. The van der Waals surface area contributed by atoms with Crippen molar-refractivity contribution in [2.24, 2.45) is 0 Å². The van der Waals surface area contributed by atoms with Gasteiger partial charge in [-0.05, 0) is 78.6 Å². The maximum absolute atomic E-state index is 13.6. The minimum Gasteiger partial charge on any atom is -0.379 e. The fraction of sp³-hybridized carbons (Fsp3) is 0.262. The largest absolute Gasteiger partial charge is 0.379 e. The van der Waals surface area contributed by atoms with Gasteiger partial charge in [-0.2, -0.15) is 0 Å². The third-order valence-electron chi connectivity index (χ3n) is 10.4.